The van der Waals surface area contributed by atoms with Gasteiger partial charge < -0.3 is 10.1 Å². The SMILES string of the molecule is CCSCCOc1ccc(CNC(C)C)cc1F. The van der Waals surface area contributed by atoms with Gasteiger partial charge >= 0.3 is 0 Å². The van der Waals surface area contributed by atoms with Gasteiger partial charge in [-0.05, 0) is 23.4 Å². The predicted octanol–water partition coefficient (Wildman–Crippen LogP) is 3.46. The zero-order chi connectivity index (χ0) is 13.4. The van der Waals surface area contributed by atoms with Gasteiger partial charge in [0.05, 0.1) is 6.61 Å². The van der Waals surface area contributed by atoms with Crippen molar-refractivity contribution in [3.8, 4) is 5.75 Å². The fraction of sp³-hybridized carbons (Fsp3) is 0.571. The van der Waals surface area contributed by atoms with Gasteiger partial charge in [-0.15, -0.1) is 0 Å². The molecule has 4 heteroatoms. The van der Waals surface area contributed by atoms with Crippen LogP contribution in [-0.2, 0) is 6.54 Å². The second kappa shape index (κ2) is 8.38. The molecule has 1 rings (SSSR count). The van der Waals surface area contributed by atoms with Gasteiger partial charge in [0.1, 0.15) is 0 Å². The van der Waals surface area contributed by atoms with Crippen molar-refractivity contribution in [2.45, 2.75) is 33.4 Å². The molecule has 0 aliphatic carbocycles. The van der Waals surface area contributed by atoms with Crippen molar-refractivity contribution in [3.05, 3.63) is 29.6 Å². The average molecular weight is 271 g/mol. The zero-order valence-corrected chi connectivity index (χ0v) is 12.1. The summed E-state index contributed by atoms with van der Waals surface area (Å²) in [6.07, 6.45) is 0. The molecule has 0 saturated carbocycles. The Hall–Kier alpha value is -0.740. The molecule has 0 aliphatic rings. The maximum atomic E-state index is 13.7. The molecule has 0 aromatic heterocycles. The summed E-state index contributed by atoms with van der Waals surface area (Å²) in [7, 11) is 0. The largest absolute Gasteiger partial charge is 0.490 e. The Kier molecular flexibility index (Phi) is 7.13. The van der Waals surface area contributed by atoms with Gasteiger partial charge in [-0.3, -0.25) is 0 Å². The predicted molar refractivity (Wildman–Crippen MR) is 76.9 cm³/mol. The lowest BCUT2D eigenvalue weighted by Gasteiger charge is -2.10. The van der Waals surface area contributed by atoms with Crippen LogP contribution in [0.25, 0.3) is 0 Å². The number of rotatable bonds is 8. The number of nitrogens with one attached hydrogen (secondary N) is 1. The Bertz CT molecular complexity index is 358. The van der Waals surface area contributed by atoms with Crippen molar-refractivity contribution >= 4 is 11.8 Å². The molecule has 1 aromatic carbocycles. The van der Waals surface area contributed by atoms with Crippen molar-refractivity contribution in [2.24, 2.45) is 0 Å². The number of hydrogen-bond donors (Lipinski definition) is 1. The standard InChI is InChI=1S/C14H22FNOS/c1-4-18-8-7-17-14-6-5-12(9-13(14)15)10-16-11(2)3/h5-6,9,11,16H,4,7-8,10H2,1-3H3. The molecular weight excluding hydrogens is 249 g/mol. The van der Waals surface area contributed by atoms with Crippen molar-refractivity contribution in [1.29, 1.82) is 0 Å². The van der Waals surface area contributed by atoms with Gasteiger partial charge in [-0.2, -0.15) is 11.8 Å². The molecule has 0 atom stereocenters. The Morgan fingerprint density at radius 1 is 1.39 bits per heavy atom. The number of halogens is 1. The molecule has 18 heavy (non-hydrogen) atoms. The summed E-state index contributed by atoms with van der Waals surface area (Å²) in [4.78, 5) is 0. The molecule has 0 amide bonds. The normalized spacial score (nSPS) is 10.9. The average Bonchev–Trinajstić information content (AvgIpc) is 2.34. The van der Waals surface area contributed by atoms with Crippen LogP contribution in [0.5, 0.6) is 5.75 Å². The number of thioether (sulfide) groups is 1. The topological polar surface area (TPSA) is 21.3 Å². The van der Waals surface area contributed by atoms with Crippen LogP contribution in [0.15, 0.2) is 18.2 Å². The van der Waals surface area contributed by atoms with E-state index in [0.717, 1.165) is 17.1 Å². The van der Waals surface area contributed by atoms with Crippen molar-refractivity contribution < 1.29 is 9.13 Å². The fourth-order valence-corrected chi connectivity index (χ4v) is 1.94. The van der Waals surface area contributed by atoms with E-state index in [-0.39, 0.29) is 5.82 Å². The van der Waals surface area contributed by atoms with Crippen LogP contribution in [0.2, 0.25) is 0 Å². The number of hydrogen-bond acceptors (Lipinski definition) is 3. The van der Waals surface area contributed by atoms with E-state index in [0.29, 0.717) is 24.9 Å². The van der Waals surface area contributed by atoms with Gasteiger partial charge in [-0.1, -0.05) is 26.8 Å². The summed E-state index contributed by atoms with van der Waals surface area (Å²) in [5.74, 6) is 2.03. The molecule has 0 aliphatic heterocycles. The third-order valence-corrected chi connectivity index (χ3v) is 3.26. The first-order valence-electron chi connectivity index (χ1n) is 6.35. The Morgan fingerprint density at radius 3 is 2.78 bits per heavy atom. The lowest BCUT2D eigenvalue weighted by atomic mass is 10.2. The van der Waals surface area contributed by atoms with Crippen LogP contribution >= 0.6 is 11.8 Å². The van der Waals surface area contributed by atoms with Gasteiger partial charge in [0.15, 0.2) is 11.6 Å². The van der Waals surface area contributed by atoms with E-state index in [9.17, 15) is 4.39 Å². The molecule has 2 nitrogen and oxygen atoms in total. The number of ether oxygens (including phenoxy) is 1. The molecular formula is C14H22FNOS. The van der Waals surface area contributed by atoms with Gasteiger partial charge in [0, 0.05) is 18.3 Å². The molecule has 1 aromatic rings. The maximum Gasteiger partial charge on any atom is 0.165 e. The highest BCUT2D eigenvalue weighted by Crippen LogP contribution is 2.18. The van der Waals surface area contributed by atoms with Crippen molar-refractivity contribution in [2.75, 3.05) is 18.1 Å². The molecule has 0 radical (unpaired) electrons. The first kappa shape index (κ1) is 15.3. The van der Waals surface area contributed by atoms with E-state index in [1.54, 1.807) is 17.8 Å². The third-order valence-electron chi connectivity index (χ3n) is 2.40. The monoisotopic (exact) mass is 271 g/mol. The highest BCUT2D eigenvalue weighted by molar-refractivity contribution is 7.99. The van der Waals surface area contributed by atoms with Crippen LogP contribution in [0, 0.1) is 5.82 Å². The van der Waals surface area contributed by atoms with Crippen molar-refractivity contribution in [3.63, 3.8) is 0 Å². The molecule has 0 spiro atoms. The molecule has 0 saturated heterocycles. The summed E-state index contributed by atoms with van der Waals surface area (Å²) in [5.41, 5.74) is 0.941. The summed E-state index contributed by atoms with van der Waals surface area (Å²) in [6.45, 7) is 7.47. The first-order valence-corrected chi connectivity index (χ1v) is 7.51. The molecule has 0 bridgehead atoms. The van der Waals surface area contributed by atoms with Gasteiger partial charge in [0.2, 0.25) is 0 Å². The highest BCUT2D eigenvalue weighted by Gasteiger charge is 2.05. The van der Waals surface area contributed by atoms with Gasteiger partial charge in [0.25, 0.3) is 0 Å². The van der Waals surface area contributed by atoms with Crippen LogP contribution in [0.1, 0.15) is 26.3 Å². The Balaban J connectivity index is 2.46. The minimum atomic E-state index is -0.278. The van der Waals surface area contributed by atoms with E-state index < -0.39 is 0 Å². The zero-order valence-electron chi connectivity index (χ0n) is 11.3. The fourth-order valence-electron chi connectivity index (χ4n) is 1.45. The second-order valence-corrected chi connectivity index (χ2v) is 5.74. The smallest absolute Gasteiger partial charge is 0.165 e. The summed E-state index contributed by atoms with van der Waals surface area (Å²) >= 11 is 1.79. The van der Waals surface area contributed by atoms with E-state index in [2.05, 4.69) is 26.1 Å². The Labute approximate surface area is 113 Å². The first-order chi connectivity index (χ1) is 8.63. The lowest BCUT2D eigenvalue weighted by Crippen LogP contribution is -2.21. The van der Waals surface area contributed by atoms with Crippen LogP contribution in [-0.4, -0.2) is 24.2 Å². The van der Waals surface area contributed by atoms with Gasteiger partial charge in [-0.25, -0.2) is 4.39 Å². The summed E-state index contributed by atoms with van der Waals surface area (Å²) < 4.78 is 19.1. The Morgan fingerprint density at radius 2 is 2.17 bits per heavy atom. The molecule has 1 N–H and O–H groups in total. The van der Waals surface area contributed by atoms with Crippen LogP contribution in [0.4, 0.5) is 4.39 Å². The quantitative estimate of drug-likeness (QED) is 0.732. The minimum Gasteiger partial charge on any atom is -0.490 e. The summed E-state index contributed by atoms with van der Waals surface area (Å²) in [5, 5.41) is 3.26. The van der Waals surface area contributed by atoms with Crippen molar-refractivity contribution in [1.82, 2.24) is 5.32 Å². The van der Waals surface area contributed by atoms with E-state index in [4.69, 9.17) is 4.74 Å². The van der Waals surface area contributed by atoms with Crippen LogP contribution < -0.4 is 10.1 Å². The highest BCUT2D eigenvalue weighted by atomic mass is 32.2. The summed E-state index contributed by atoms with van der Waals surface area (Å²) in [6, 6.07) is 5.55. The second-order valence-electron chi connectivity index (χ2n) is 4.35. The lowest BCUT2D eigenvalue weighted by molar-refractivity contribution is 0.324. The maximum absolute atomic E-state index is 13.7. The van der Waals surface area contributed by atoms with E-state index in [1.807, 2.05) is 6.07 Å². The number of benzene rings is 1. The third kappa shape index (κ3) is 5.74. The molecule has 0 heterocycles. The van der Waals surface area contributed by atoms with Crippen LogP contribution in [0.3, 0.4) is 0 Å². The van der Waals surface area contributed by atoms with E-state index >= 15 is 0 Å². The molecule has 0 fully saturated rings. The molecule has 102 valence electrons. The van der Waals surface area contributed by atoms with E-state index in [1.165, 1.54) is 6.07 Å². The minimum absolute atomic E-state index is 0.278. The molecule has 0 unspecified atom stereocenters.